The molecule has 7 heteroatoms. The number of halogens is 1. The van der Waals surface area contributed by atoms with Crippen molar-refractivity contribution in [3.8, 4) is 5.75 Å². The molecular weight excluding hydrogens is 354 g/mol. The van der Waals surface area contributed by atoms with E-state index in [1.165, 1.54) is 0 Å². The zero-order chi connectivity index (χ0) is 18.8. The Morgan fingerprint density at radius 3 is 2.85 bits per heavy atom. The maximum Gasteiger partial charge on any atom is 0.228 e. The third-order valence-corrected chi connectivity index (χ3v) is 5.65. The van der Waals surface area contributed by atoms with E-state index < -0.39 is 0 Å². The predicted octanol–water partition coefficient (Wildman–Crippen LogP) is 2.29. The molecule has 1 aromatic carbocycles. The molecule has 2 aliphatic rings. The quantitative estimate of drug-likeness (QED) is 0.870. The van der Waals surface area contributed by atoms with Gasteiger partial charge in [0.15, 0.2) is 0 Å². The zero-order valence-electron chi connectivity index (χ0n) is 15.3. The normalized spacial score (nSPS) is 24.7. The van der Waals surface area contributed by atoms with Crippen LogP contribution in [0, 0.1) is 11.8 Å². The summed E-state index contributed by atoms with van der Waals surface area (Å²) < 4.78 is 5.35. The lowest BCUT2D eigenvalue weighted by atomic mass is 9.91. The van der Waals surface area contributed by atoms with Crippen molar-refractivity contribution in [1.29, 1.82) is 0 Å². The summed E-state index contributed by atoms with van der Waals surface area (Å²) in [5.41, 5.74) is 6.64. The molecule has 26 heavy (non-hydrogen) atoms. The number of anilines is 1. The van der Waals surface area contributed by atoms with E-state index in [1.54, 1.807) is 30.2 Å². The third-order valence-electron chi connectivity index (χ3n) is 5.42. The largest absolute Gasteiger partial charge is 0.495 e. The molecule has 2 amide bonds. The second-order valence-electron chi connectivity index (χ2n) is 7.27. The van der Waals surface area contributed by atoms with Gasteiger partial charge in [0.05, 0.1) is 18.7 Å². The Labute approximate surface area is 159 Å². The van der Waals surface area contributed by atoms with Gasteiger partial charge in [0, 0.05) is 37.1 Å². The molecule has 0 aromatic heterocycles. The van der Waals surface area contributed by atoms with Crippen molar-refractivity contribution in [3.63, 3.8) is 0 Å². The number of benzene rings is 1. The molecular formula is C19H26ClN3O3. The summed E-state index contributed by atoms with van der Waals surface area (Å²) in [6.45, 7) is 3.77. The van der Waals surface area contributed by atoms with E-state index in [0.29, 0.717) is 35.5 Å². The number of hydrogen-bond acceptors (Lipinski definition) is 4. The van der Waals surface area contributed by atoms with Gasteiger partial charge in [0.2, 0.25) is 11.8 Å². The van der Waals surface area contributed by atoms with Crippen LogP contribution in [0.5, 0.6) is 5.75 Å². The van der Waals surface area contributed by atoms with Crippen molar-refractivity contribution in [2.45, 2.75) is 32.2 Å². The molecule has 3 rings (SSSR count). The Balaban J connectivity index is 1.73. The van der Waals surface area contributed by atoms with E-state index in [-0.39, 0.29) is 30.2 Å². The molecule has 0 saturated carbocycles. The van der Waals surface area contributed by atoms with E-state index in [4.69, 9.17) is 22.1 Å². The fourth-order valence-electron chi connectivity index (χ4n) is 3.88. The molecule has 1 aromatic rings. The summed E-state index contributed by atoms with van der Waals surface area (Å²) in [5, 5.41) is 0.527. The predicted molar refractivity (Wildman–Crippen MR) is 101 cm³/mol. The lowest BCUT2D eigenvalue weighted by Gasteiger charge is -2.35. The van der Waals surface area contributed by atoms with Crippen LogP contribution in [-0.2, 0) is 9.59 Å². The van der Waals surface area contributed by atoms with Gasteiger partial charge in [-0.05, 0) is 43.9 Å². The maximum atomic E-state index is 13.0. The van der Waals surface area contributed by atoms with E-state index in [2.05, 4.69) is 0 Å². The van der Waals surface area contributed by atoms with Crippen LogP contribution < -0.4 is 15.4 Å². The van der Waals surface area contributed by atoms with Crippen LogP contribution in [0.15, 0.2) is 18.2 Å². The van der Waals surface area contributed by atoms with Gasteiger partial charge in [-0.25, -0.2) is 0 Å². The van der Waals surface area contributed by atoms with E-state index in [0.717, 1.165) is 19.4 Å². The number of carbonyl (C=O) groups excluding carboxylic acids is 2. The Kier molecular flexibility index (Phi) is 5.73. The minimum Gasteiger partial charge on any atom is -0.495 e. The summed E-state index contributed by atoms with van der Waals surface area (Å²) in [6.07, 6.45) is 2.23. The Bertz CT molecular complexity index is 695. The Hall–Kier alpha value is -1.79. The average molecular weight is 380 g/mol. The summed E-state index contributed by atoms with van der Waals surface area (Å²) in [7, 11) is 1.55. The van der Waals surface area contributed by atoms with Crippen LogP contribution in [0.1, 0.15) is 26.2 Å². The van der Waals surface area contributed by atoms with Crippen LogP contribution in [-0.4, -0.2) is 49.5 Å². The van der Waals surface area contributed by atoms with Crippen LogP contribution in [0.25, 0.3) is 0 Å². The van der Waals surface area contributed by atoms with Crippen molar-refractivity contribution in [2.24, 2.45) is 17.6 Å². The number of nitrogens with zero attached hydrogens (tertiary/aromatic N) is 2. The molecule has 0 bridgehead atoms. The van der Waals surface area contributed by atoms with Crippen molar-refractivity contribution in [1.82, 2.24) is 4.90 Å². The molecule has 2 heterocycles. The van der Waals surface area contributed by atoms with Gasteiger partial charge in [-0.3, -0.25) is 9.59 Å². The highest BCUT2D eigenvalue weighted by Gasteiger charge is 2.39. The molecule has 2 fully saturated rings. The molecule has 2 aliphatic heterocycles. The fourth-order valence-corrected chi connectivity index (χ4v) is 4.04. The van der Waals surface area contributed by atoms with Crippen LogP contribution in [0.3, 0.4) is 0 Å². The van der Waals surface area contributed by atoms with Gasteiger partial charge < -0.3 is 20.3 Å². The van der Waals surface area contributed by atoms with Gasteiger partial charge >= 0.3 is 0 Å². The summed E-state index contributed by atoms with van der Waals surface area (Å²) >= 11 is 6.09. The first-order valence-corrected chi connectivity index (χ1v) is 9.46. The zero-order valence-corrected chi connectivity index (χ0v) is 16.0. The minimum atomic E-state index is -0.335. The molecule has 2 N–H and O–H groups in total. The second-order valence-corrected chi connectivity index (χ2v) is 7.70. The summed E-state index contributed by atoms with van der Waals surface area (Å²) in [6, 6.07) is 5.23. The lowest BCUT2D eigenvalue weighted by Crippen LogP contribution is -2.47. The van der Waals surface area contributed by atoms with Crippen LogP contribution >= 0.6 is 11.6 Å². The summed E-state index contributed by atoms with van der Waals surface area (Å²) in [5.74, 6) is 0.537. The average Bonchev–Trinajstić information content (AvgIpc) is 3.02. The summed E-state index contributed by atoms with van der Waals surface area (Å²) in [4.78, 5) is 29.0. The van der Waals surface area contributed by atoms with E-state index in [9.17, 15) is 9.59 Å². The number of hydrogen-bond donors (Lipinski definition) is 1. The SMILES string of the molecule is COc1ccc(Cl)cc1N1CC(C(=O)N2CCCC(C(C)N)C2)CC1=O. The molecule has 0 aliphatic carbocycles. The number of nitrogens with two attached hydrogens (primary N) is 1. The van der Waals surface area contributed by atoms with Gasteiger partial charge in [-0.1, -0.05) is 11.6 Å². The Morgan fingerprint density at radius 2 is 2.15 bits per heavy atom. The molecule has 6 nitrogen and oxygen atoms in total. The smallest absolute Gasteiger partial charge is 0.228 e. The van der Waals surface area contributed by atoms with Gasteiger partial charge in [-0.2, -0.15) is 0 Å². The van der Waals surface area contributed by atoms with Crippen LogP contribution in [0.2, 0.25) is 5.02 Å². The van der Waals surface area contributed by atoms with E-state index >= 15 is 0 Å². The molecule has 3 unspecified atom stereocenters. The van der Waals surface area contributed by atoms with Crippen LogP contribution in [0.4, 0.5) is 5.69 Å². The first-order chi connectivity index (χ1) is 12.4. The monoisotopic (exact) mass is 379 g/mol. The first kappa shape index (κ1) is 19.0. The lowest BCUT2D eigenvalue weighted by molar-refractivity contribution is -0.137. The van der Waals surface area contributed by atoms with Crippen molar-refractivity contribution < 1.29 is 14.3 Å². The molecule has 0 radical (unpaired) electrons. The highest BCUT2D eigenvalue weighted by Crippen LogP contribution is 2.36. The Morgan fingerprint density at radius 1 is 1.38 bits per heavy atom. The first-order valence-electron chi connectivity index (χ1n) is 9.09. The maximum absolute atomic E-state index is 13.0. The third kappa shape index (κ3) is 3.81. The number of likely N-dealkylation sites (tertiary alicyclic amines) is 1. The molecule has 3 atom stereocenters. The topological polar surface area (TPSA) is 75.9 Å². The van der Waals surface area contributed by atoms with E-state index in [1.807, 2.05) is 11.8 Å². The highest BCUT2D eigenvalue weighted by atomic mass is 35.5. The minimum absolute atomic E-state index is 0.0483. The molecule has 2 saturated heterocycles. The molecule has 0 spiro atoms. The number of ether oxygens (including phenoxy) is 1. The van der Waals surface area contributed by atoms with Gasteiger partial charge in [0.1, 0.15) is 5.75 Å². The second kappa shape index (κ2) is 7.84. The number of carbonyl (C=O) groups is 2. The number of piperidine rings is 1. The fraction of sp³-hybridized carbons (Fsp3) is 0.579. The number of amides is 2. The number of methoxy groups -OCH3 is 1. The van der Waals surface area contributed by atoms with Crippen molar-refractivity contribution in [2.75, 3.05) is 31.6 Å². The van der Waals surface area contributed by atoms with Gasteiger partial charge in [0.25, 0.3) is 0 Å². The number of rotatable bonds is 4. The standard InChI is InChI=1S/C19H26ClN3O3/c1-12(21)13-4-3-7-22(10-13)19(25)14-8-18(24)23(11-14)16-9-15(20)5-6-17(16)26-2/h5-6,9,12-14H,3-4,7-8,10-11,21H2,1-2H3. The van der Waals surface area contributed by atoms with Crippen molar-refractivity contribution in [3.05, 3.63) is 23.2 Å². The highest BCUT2D eigenvalue weighted by molar-refractivity contribution is 6.31. The van der Waals surface area contributed by atoms with Crippen molar-refractivity contribution >= 4 is 29.1 Å². The van der Waals surface area contributed by atoms with Gasteiger partial charge in [-0.15, -0.1) is 0 Å². The molecule has 142 valence electrons.